The highest BCUT2D eigenvalue weighted by Crippen LogP contribution is 2.29. The molecular weight excluding hydrogens is 260 g/mol. The lowest BCUT2D eigenvalue weighted by atomic mass is 9.87. The Balaban J connectivity index is 1.79. The third-order valence-corrected chi connectivity index (χ3v) is 4.10. The lowest BCUT2D eigenvalue weighted by Gasteiger charge is -2.26. The van der Waals surface area contributed by atoms with Crippen molar-refractivity contribution in [1.82, 2.24) is 5.32 Å². The van der Waals surface area contributed by atoms with Gasteiger partial charge in [0.25, 0.3) is 5.91 Å². The summed E-state index contributed by atoms with van der Waals surface area (Å²) in [6.45, 7) is 0.452. The molecule has 1 amide bonds. The predicted octanol–water partition coefficient (Wildman–Crippen LogP) is 2.95. The van der Waals surface area contributed by atoms with Crippen molar-refractivity contribution in [2.75, 3.05) is 0 Å². The van der Waals surface area contributed by atoms with Gasteiger partial charge in [0.1, 0.15) is 0 Å². The number of benzene rings is 2. The highest BCUT2D eigenvalue weighted by atomic mass is 16.1. The van der Waals surface area contributed by atoms with E-state index < -0.39 is 0 Å². The second-order valence-electron chi connectivity index (χ2n) is 5.52. The Morgan fingerprint density at radius 1 is 1.19 bits per heavy atom. The number of carbonyl (C=O) groups excluding carboxylic acids is 1. The molecule has 0 fully saturated rings. The summed E-state index contributed by atoms with van der Waals surface area (Å²) in [6, 6.07) is 16.0. The fourth-order valence-electron chi connectivity index (χ4n) is 2.98. The minimum absolute atomic E-state index is 0.0213. The number of rotatable bonds is 3. The van der Waals surface area contributed by atoms with E-state index in [4.69, 9.17) is 5.73 Å². The molecule has 3 nitrogen and oxygen atoms in total. The zero-order valence-corrected chi connectivity index (χ0v) is 12.0. The highest BCUT2D eigenvalue weighted by molar-refractivity contribution is 5.94. The van der Waals surface area contributed by atoms with Crippen LogP contribution in [0.4, 0.5) is 0 Å². The lowest BCUT2D eigenvalue weighted by Crippen LogP contribution is -2.31. The molecule has 2 aromatic rings. The summed E-state index contributed by atoms with van der Waals surface area (Å²) in [5.41, 5.74) is 9.90. The van der Waals surface area contributed by atoms with Gasteiger partial charge < -0.3 is 11.1 Å². The standard InChI is InChI=1S/C18H20N2O/c19-12-13-5-3-8-15(11-13)18(21)20-17-10-4-7-14-6-1-2-9-16(14)17/h1-3,5-6,8-9,11,17H,4,7,10,12,19H2,(H,20,21). The Morgan fingerprint density at radius 2 is 2.05 bits per heavy atom. The monoisotopic (exact) mass is 280 g/mol. The maximum Gasteiger partial charge on any atom is 0.251 e. The number of carbonyl (C=O) groups is 1. The van der Waals surface area contributed by atoms with Gasteiger partial charge in [0.05, 0.1) is 6.04 Å². The smallest absolute Gasteiger partial charge is 0.251 e. The van der Waals surface area contributed by atoms with Crippen molar-refractivity contribution in [2.45, 2.75) is 31.8 Å². The van der Waals surface area contributed by atoms with Gasteiger partial charge in [-0.1, -0.05) is 36.4 Å². The first kappa shape index (κ1) is 13.8. The van der Waals surface area contributed by atoms with E-state index in [0.717, 1.165) is 24.8 Å². The zero-order valence-electron chi connectivity index (χ0n) is 12.0. The lowest BCUT2D eigenvalue weighted by molar-refractivity contribution is 0.0932. The summed E-state index contributed by atoms with van der Waals surface area (Å²) in [7, 11) is 0. The second kappa shape index (κ2) is 6.10. The van der Waals surface area contributed by atoms with Gasteiger partial charge in [-0.3, -0.25) is 4.79 Å². The van der Waals surface area contributed by atoms with Gasteiger partial charge in [0.15, 0.2) is 0 Å². The molecule has 0 bridgehead atoms. The Hall–Kier alpha value is -2.13. The molecule has 3 N–H and O–H groups in total. The molecule has 1 aliphatic rings. The van der Waals surface area contributed by atoms with Crippen molar-refractivity contribution < 1.29 is 4.79 Å². The molecule has 3 heteroatoms. The van der Waals surface area contributed by atoms with Gasteiger partial charge in [0, 0.05) is 12.1 Å². The van der Waals surface area contributed by atoms with Gasteiger partial charge in [-0.05, 0) is 48.1 Å². The number of hydrogen-bond donors (Lipinski definition) is 2. The predicted molar refractivity (Wildman–Crippen MR) is 83.9 cm³/mol. The van der Waals surface area contributed by atoms with Crippen molar-refractivity contribution in [3.05, 3.63) is 70.8 Å². The van der Waals surface area contributed by atoms with Crippen LogP contribution in [0.1, 0.15) is 45.9 Å². The minimum Gasteiger partial charge on any atom is -0.345 e. The van der Waals surface area contributed by atoms with E-state index in [0.29, 0.717) is 12.1 Å². The van der Waals surface area contributed by atoms with Crippen LogP contribution in [0.15, 0.2) is 48.5 Å². The third kappa shape index (κ3) is 2.98. The summed E-state index contributed by atoms with van der Waals surface area (Å²) in [6.07, 6.45) is 3.22. The number of nitrogens with one attached hydrogen (secondary N) is 1. The first-order valence-corrected chi connectivity index (χ1v) is 7.45. The number of hydrogen-bond acceptors (Lipinski definition) is 2. The second-order valence-corrected chi connectivity index (χ2v) is 5.52. The summed E-state index contributed by atoms with van der Waals surface area (Å²) in [5, 5.41) is 3.16. The normalized spacial score (nSPS) is 17.1. The average molecular weight is 280 g/mol. The zero-order chi connectivity index (χ0) is 14.7. The summed E-state index contributed by atoms with van der Waals surface area (Å²) < 4.78 is 0. The van der Waals surface area contributed by atoms with Crippen LogP contribution in [0.5, 0.6) is 0 Å². The van der Waals surface area contributed by atoms with Crippen molar-refractivity contribution >= 4 is 5.91 Å². The van der Waals surface area contributed by atoms with E-state index in [2.05, 4.69) is 23.5 Å². The van der Waals surface area contributed by atoms with Crippen molar-refractivity contribution in [1.29, 1.82) is 0 Å². The molecule has 21 heavy (non-hydrogen) atoms. The third-order valence-electron chi connectivity index (χ3n) is 4.10. The molecule has 3 rings (SSSR count). The SMILES string of the molecule is NCc1cccc(C(=O)NC2CCCc3ccccc32)c1. The van der Waals surface area contributed by atoms with Crippen LogP contribution in [-0.2, 0) is 13.0 Å². The van der Waals surface area contributed by atoms with Crippen LogP contribution in [0.2, 0.25) is 0 Å². The van der Waals surface area contributed by atoms with Gasteiger partial charge >= 0.3 is 0 Å². The van der Waals surface area contributed by atoms with E-state index in [-0.39, 0.29) is 11.9 Å². The van der Waals surface area contributed by atoms with Gasteiger partial charge in [0.2, 0.25) is 0 Å². The molecule has 1 atom stereocenters. The molecule has 0 saturated heterocycles. The van der Waals surface area contributed by atoms with Gasteiger partial charge in [-0.25, -0.2) is 0 Å². The molecule has 0 aliphatic heterocycles. The van der Waals surface area contributed by atoms with Crippen LogP contribution in [-0.4, -0.2) is 5.91 Å². The topological polar surface area (TPSA) is 55.1 Å². The van der Waals surface area contributed by atoms with Crippen molar-refractivity contribution in [3.63, 3.8) is 0 Å². The van der Waals surface area contributed by atoms with Crippen molar-refractivity contribution in [2.24, 2.45) is 5.73 Å². The minimum atomic E-state index is -0.0213. The molecule has 0 saturated carbocycles. The summed E-state index contributed by atoms with van der Waals surface area (Å²) in [4.78, 5) is 12.4. The van der Waals surface area contributed by atoms with Crippen molar-refractivity contribution in [3.8, 4) is 0 Å². The molecule has 0 heterocycles. The molecule has 0 radical (unpaired) electrons. The highest BCUT2D eigenvalue weighted by Gasteiger charge is 2.21. The maximum absolute atomic E-state index is 12.4. The van der Waals surface area contributed by atoms with Crippen LogP contribution in [0, 0.1) is 0 Å². The summed E-state index contributed by atoms with van der Waals surface area (Å²) >= 11 is 0. The molecule has 1 aliphatic carbocycles. The Kier molecular flexibility index (Phi) is 4.02. The van der Waals surface area contributed by atoms with E-state index in [1.807, 2.05) is 30.3 Å². The Morgan fingerprint density at radius 3 is 2.90 bits per heavy atom. The molecule has 2 aromatic carbocycles. The fourth-order valence-corrected chi connectivity index (χ4v) is 2.98. The van der Waals surface area contributed by atoms with Crippen LogP contribution in [0.25, 0.3) is 0 Å². The maximum atomic E-state index is 12.4. The molecular formula is C18H20N2O. The van der Waals surface area contributed by atoms with Crippen LogP contribution >= 0.6 is 0 Å². The fraction of sp³-hybridized carbons (Fsp3) is 0.278. The molecule has 0 aromatic heterocycles. The number of amides is 1. The molecule has 1 unspecified atom stereocenters. The van der Waals surface area contributed by atoms with Gasteiger partial charge in [-0.15, -0.1) is 0 Å². The number of nitrogens with two attached hydrogens (primary N) is 1. The van der Waals surface area contributed by atoms with E-state index in [1.165, 1.54) is 11.1 Å². The molecule has 0 spiro atoms. The van der Waals surface area contributed by atoms with E-state index >= 15 is 0 Å². The number of aryl methyl sites for hydroxylation is 1. The van der Waals surface area contributed by atoms with Crippen LogP contribution in [0.3, 0.4) is 0 Å². The average Bonchev–Trinajstić information content (AvgIpc) is 2.55. The number of fused-ring (bicyclic) bond motifs is 1. The quantitative estimate of drug-likeness (QED) is 0.908. The molecule has 108 valence electrons. The largest absolute Gasteiger partial charge is 0.345 e. The first-order valence-electron chi connectivity index (χ1n) is 7.45. The van der Waals surface area contributed by atoms with Crippen LogP contribution < -0.4 is 11.1 Å². The Bertz CT molecular complexity index is 651. The Labute approximate surface area is 125 Å². The summed E-state index contributed by atoms with van der Waals surface area (Å²) in [5.74, 6) is -0.0213. The van der Waals surface area contributed by atoms with E-state index in [1.54, 1.807) is 0 Å². The first-order chi connectivity index (χ1) is 10.3. The van der Waals surface area contributed by atoms with Gasteiger partial charge in [-0.2, -0.15) is 0 Å². The van der Waals surface area contributed by atoms with E-state index in [9.17, 15) is 4.79 Å².